The van der Waals surface area contributed by atoms with Crippen molar-refractivity contribution in [3.05, 3.63) is 48.5 Å². The van der Waals surface area contributed by atoms with E-state index in [0.717, 1.165) is 24.3 Å². The summed E-state index contributed by atoms with van der Waals surface area (Å²) in [4.78, 5) is 4.14. The van der Waals surface area contributed by atoms with Gasteiger partial charge in [0.1, 0.15) is 5.82 Å². The van der Waals surface area contributed by atoms with Gasteiger partial charge < -0.3 is 10.6 Å². The van der Waals surface area contributed by atoms with E-state index in [2.05, 4.69) is 22.5 Å². The fourth-order valence-corrected chi connectivity index (χ4v) is 1.61. The SMILES string of the molecule is CCCNc1cncc(Nc2cccc(F)c2)c1. The largest absolute Gasteiger partial charge is 0.384 e. The lowest BCUT2D eigenvalue weighted by molar-refractivity contribution is 0.628. The van der Waals surface area contributed by atoms with Crippen molar-refractivity contribution in [1.82, 2.24) is 4.98 Å². The Kier molecular flexibility index (Phi) is 4.12. The number of halogens is 1. The molecule has 94 valence electrons. The maximum atomic E-state index is 13.0. The van der Waals surface area contributed by atoms with E-state index < -0.39 is 0 Å². The Bertz CT molecular complexity index is 514. The molecule has 1 heterocycles. The highest BCUT2D eigenvalue weighted by Crippen LogP contribution is 2.19. The van der Waals surface area contributed by atoms with Crippen molar-refractivity contribution in [3.8, 4) is 0 Å². The number of nitrogens with one attached hydrogen (secondary N) is 2. The average Bonchev–Trinajstić information content (AvgIpc) is 2.37. The van der Waals surface area contributed by atoms with Gasteiger partial charge in [-0.3, -0.25) is 4.98 Å². The zero-order chi connectivity index (χ0) is 12.8. The first-order valence-corrected chi connectivity index (χ1v) is 5.99. The van der Waals surface area contributed by atoms with E-state index >= 15 is 0 Å². The first-order valence-electron chi connectivity index (χ1n) is 5.99. The van der Waals surface area contributed by atoms with Gasteiger partial charge in [0.25, 0.3) is 0 Å². The number of nitrogens with zero attached hydrogens (tertiary/aromatic N) is 1. The summed E-state index contributed by atoms with van der Waals surface area (Å²) in [5, 5.41) is 6.37. The van der Waals surface area contributed by atoms with E-state index in [1.807, 2.05) is 12.1 Å². The van der Waals surface area contributed by atoms with Crippen molar-refractivity contribution in [2.75, 3.05) is 17.2 Å². The molecule has 0 atom stereocenters. The van der Waals surface area contributed by atoms with Crippen LogP contribution in [0, 0.1) is 5.82 Å². The summed E-state index contributed by atoms with van der Waals surface area (Å²) in [6, 6.07) is 8.31. The molecule has 0 aliphatic carbocycles. The maximum Gasteiger partial charge on any atom is 0.125 e. The molecule has 0 unspecified atom stereocenters. The highest BCUT2D eigenvalue weighted by Gasteiger charge is 1.98. The van der Waals surface area contributed by atoms with E-state index in [4.69, 9.17) is 0 Å². The van der Waals surface area contributed by atoms with Gasteiger partial charge in [0.05, 0.1) is 23.8 Å². The Morgan fingerprint density at radius 2 is 1.94 bits per heavy atom. The third kappa shape index (κ3) is 3.45. The molecule has 0 spiro atoms. The molecule has 0 aliphatic rings. The van der Waals surface area contributed by atoms with Gasteiger partial charge >= 0.3 is 0 Å². The van der Waals surface area contributed by atoms with Crippen molar-refractivity contribution in [2.24, 2.45) is 0 Å². The zero-order valence-corrected chi connectivity index (χ0v) is 10.3. The van der Waals surface area contributed by atoms with Gasteiger partial charge in [-0.2, -0.15) is 0 Å². The molecule has 0 amide bonds. The fourth-order valence-electron chi connectivity index (χ4n) is 1.61. The van der Waals surface area contributed by atoms with Gasteiger partial charge in [-0.25, -0.2) is 4.39 Å². The topological polar surface area (TPSA) is 37.0 Å². The van der Waals surface area contributed by atoms with Crippen LogP contribution in [0.5, 0.6) is 0 Å². The molecule has 0 bridgehead atoms. The van der Waals surface area contributed by atoms with Crippen LogP contribution >= 0.6 is 0 Å². The normalized spacial score (nSPS) is 10.1. The van der Waals surface area contributed by atoms with Crippen molar-refractivity contribution < 1.29 is 4.39 Å². The van der Waals surface area contributed by atoms with Crippen LogP contribution in [0.15, 0.2) is 42.7 Å². The third-order valence-corrected chi connectivity index (χ3v) is 2.43. The van der Waals surface area contributed by atoms with Gasteiger partial charge in [0.15, 0.2) is 0 Å². The molecule has 3 nitrogen and oxygen atoms in total. The molecule has 0 saturated carbocycles. The molecule has 2 rings (SSSR count). The highest BCUT2D eigenvalue weighted by atomic mass is 19.1. The molecule has 1 aromatic heterocycles. The Balaban J connectivity index is 2.09. The first kappa shape index (κ1) is 12.4. The summed E-state index contributed by atoms with van der Waals surface area (Å²) in [6.07, 6.45) is 4.54. The summed E-state index contributed by atoms with van der Waals surface area (Å²) >= 11 is 0. The van der Waals surface area contributed by atoms with Crippen LogP contribution in [0.25, 0.3) is 0 Å². The molecule has 0 fully saturated rings. The first-order chi connectivity index (χ1) is 8.78. The summed E-state index contributed by atoms with van der Waals surface area (Å²) in [6.45, 7) is 3.01. The lowest BCUT2D eigenvalue weighted by Gasteiger charge is -2.09. The van der Waals surface area contributed by atoms with Crippen molar-refractivity contribution >= 4 is 17.1 Å². The van der Waals surface area contributed by atoms with E-state index in [9.17, 15) is 4.39 Å². The zero-order valence-electron chi connectivity index (χ0n) is 10.3. The monoisotopic (exact) mass is 245 g/mol. The fraction of sp³-hybridized carbons (Fsp3) is 0.214. The Morgan fingerprint density at radius 3 is 2.72 bits per heavy atom. The molecule has 18 heavy (non-hydrogen) atoms. The maximum absolute atomic E-state index is 13.0. The second kappa shape index (κ2) is 6.00. The van der Waals surface area contributed by atoms with Gasteiger partial charge in [-0.1, -0.05) is 13.0 Å². The lowest BCUT2D eigenvalue weighted by atomic mass is 10.3. The van der Waals surface area contributed by atoms with Crippen LogP contribution < -0.4 is 10.6 Å². The van der Waals surface area contributed by atoms with Crippen LogP contribution in [0.2, 0.25) is 0 Å². The predicted molar refractivity (Wildman–Crippen MR) is 72.7 cm³/mol. The standard InChI is InChI=1S/C14H16FN3/c1-2-6-17-13-8-14(10-16-9-13)18-12-5-3-4-11(15)7-12/h3-5,7-10,17-18H,2,6H2,1H3. The molecular formula is C14H16FN3. The predicted octanol–water partition coefficient (Wildman–Crippen LogP) is 3.79. The minimum Gasteiger partial charge on any atom is -0.384 e. The van der Waals surface area contributed by atoms with E-state index in [-0.39, 0.29) is 5.82 Å². The average molecular weight is 245 g/mol. The number of hydrogen-bond acceptors (Lipinski definition) is 3. The Labute approximate surface area is 106 Å². The Morgan fingerprint density at radius 1 is 1.11 bits per heavy atom. The molecule has 2 N–H and O–H groups in total. The number of hydrogen-bond donors (Lipinski definition) is 2. The molecule has 0 saturated heterocycles. The van der Waals surface area contributed by atoms with Crippen LogP contribution in [-0.2, 0) is 0 Å². The summed E-state index contributed by atoms with van der Waals surface area (Å²) in [7, 11) is 0. The van der Waals surface area contributed by atoms with Crippen LogP contribution in [-0.4, -0.2) is 11.5 Å². The quantitative estimate of drug-likeness (QED) is 0.841. The number of anilines is 3. The minimum absolute atomic E-state index is 0.256. The second-order valence-corrected chi connectivity index (χ2v) is 4.02. The van der Waals surface area contributed by atoms with Crippen LogP contribution in [0.3, 0.4) is 0 Å². The third-order valence-electron chi connectivity index (χ3n) is 2.43. The number of pyridine rings is 1. The number of benzene rings is 1. The Hall–Kier alpha value is -2.10. The summed E-state index contributed by atoms with van der Waals surface area (Å²) in [5.41, 5.74) is 2.50. The van der Waals surface area contributed by atoms with Gasteiger partial charge in [-0.15, -0.1) is 0 Å². The molecule has 2 aromatic rings. The van der Waals surface area contributed by atoms with Gasteiger partial charge in [-0.05, 0) is 30.7 Å². The summed E-state index contributed by atoms with van der Waals surface area (Å²) < 4.78 is 13.0. The van der Waals surface area contributed by atoms with Crippen molar-refractivity contribution in [2.45, 2.75) is 13.3 Å². The van der Waals surface area contributed by atoms with Gasteiger partial charge in [0, 0.05) is 12.2 Å². The minimum atomic E-state index is -0.256. The van der Waals surface area contributed by atoms with E-state index in [1.54, 1.807) is 18.5 Å². The molecule has 0 radical (unpaired) electrons. The van der Waals surface area contributed by atoms with Crippen LogP contribution in [0.4, 0.5) is 21.5 Å². The number of rotatable bonds is 5. The molecule has 4 heteroatoms. The van der Waals surface area contributed by atoms with E-state index in [0.29, 0.717) is 5.69 Å². The van der Waals surface area contributed by atoms with Gasteiger partial charge in [0.2, 0.25) is 0 Å². The second-order valence-electron chi connectivity index (χ2n) is 4.02. The molecular weight excluding hydrogens is 229 g/mol. The molecule has 0 aliphatic heterocycles. The smallest absolute Gasteiger partial charge is 0.125 e. The highest BCUT2D eigenvalue weighted by molar-refractivity contribution is 5.62. The molecule has 1 aromatic carbocycles. The lowest BCUT2D eigenvalue weighted by Crippen LogP contribution is -2.01. The summed E-state index contributed by atoms with van der Waals surface area (Å²) in [5.74, 6) is -0.256. The van der Waals surface area contributed by atoms with Crippen LogP contribution in [0.1, 0.15) is 13.3 Å². The number of aromatic nitrogens is 1. The van der Waals surface area contributed by atoms with Crippen molar-refractivity contribution in [3.63, 3.8) is 0 Å². The van der Waals surface area contributed by atoms with E-state index in [1.165, 1.54) is 12.1 Å². The van der Waals surface area contributed by atoms with Crippen molar-refractivity contribution in [1.29, 1.82) is 0 Å².